The normalized spacial score (nSPS) is 11.5. The maximum atomic E-state index is 11.5. The van der Waals surface area contributed by atoms with Crippen LogP contribution in [0.15, 0.2) is 11.2 Å². The molecular formula is C7H12N4O3S. The fraction of sp³-hybridized carbons (Fsp3) is 0.429. The quantitative estimate of drug-likeness (QED) is 0.587. The number of carbonyl (C=O) groups excluding carboxylic acids is 1. The molecule has 1 aromatic heterocycles. The number of nitrogens with one attached hydrogen (secondary N) is 2. The number of sulfonamides is 1. The lowest BCUT2D eigenvalue weighted by Gasteiger charge is -2.00. The number of primary amides is 1. The van der Waals surface area contributed by atoms with Gasteiger partial charge in [0.2, 0.25) is 5.91 Å². The highest BCUT2D eigenvalue weighted by atomic mass is 32.2. The first-order valence-corrected chi connectivity index (χ1v) is 5.76. The molecule has 84 valence electrons. The molecule has 0 aliphatic heterocycles. The molecule has 0 unspecified atom stereocenters. The molecule has 1 amide bonds. The van der Waals surface area contributed by atoms with Gasteiger partial charge in [0.15, 0.2) is 5.03 Å². The molecule has 0 aliphatic rings. The number of hydrogen-bond acceptors (Lipinski definition) is 4. The van der Waals surface area contributed by atoms with E-state index in [-0.39, 0.29) is 5.03 Å². The van der Waals surface area contributed by atoms with Crippen molar-refractivity contribution in [3.8, 4) is 0 Å². The predicted octanol–water partition coefficient (Wildman–Crippen LogP) is -1.26. The van der Waals surface area contributed by atoms with Gasteiger partial charge in [-0.2, -0.15) is 0 Å². The summed E-state index contributed by atoms with van der Waals surface area (Å²) < 4.78 is 25.0. The van der Waals surface area contributed by atoms with Crippen molar-refractivity contribution >= 4 is 15.9 Å². The van der Waals surface area contributed by atoms with Gasteiger partial charge in [0.05, 0.1) is 12.7 Å². The van der Waals surface area contributed by atoms with Crippen LogP contribution in [0.5, 0.6) is 0 Å². The van der Waals surface area contributed by atoms with Gasteiger partial charge in [0.1, 0.15) is 5.82 Å². The van der Waals surface area contributed by atoms with Crippen LogP contribution < -0.4 is 10.5 Å². The Bertz CT molecular complexity index is 451. The van der Waals surface area contributed by atoms with Crippen LogP contribution >= 0.6 is 0 Å². The smallest absolute Gasteiger partial charge is 0.258 e. The van der Waals surface area contributed by atoms with E-state index >= 15 is 0 Å². The molecule has 1 aromatic rings. The van der Waals surface area contributed by atoms with Crippen molar-refractivity contribution in [1.29, 1.82) is 0 Å². The highest BCUT2D eigenvalue weighted by Gasteiger charge is 2.16. The third kappa shape index (κ3) is 3.03. The van der Waals surface area contributed by atoms with Gasteiger partial charge in [-0.15, -0.1) is 0 Å². The van der Waals surface area contributed by atoms with Crippen molar-refractivity contribution in [3.05, 3.63) is 12.0 Å². The van der Waals surface area contributed by atoms with E-state index in [0.29, 0.717) is 12.2 Å². The van der Waals surface area contributed by atoms with Crippen LogP contribution in [0.4, 0.5) is 0 Å². The fourth-order valence-corrected chi connectivity index (χ4v) is 1.83. The highest BCUT2D eigenvalue weighted by molar-refractivity contribution is 7.89. The van der Waals surface area contributed by atoms with Gasteiger partial charge in [-0.3, -0.25) is 4.79 Å². The Kier molecular flexibility index (Phi) is 3.43. The second-order valence-corrected chi connectivity index (χ2v) is 4.57. The second-order valence-electron chi connectivity index (χ2n) is 2.84. The molecule has 0 aromatic carbocycles. The zero-order valence-corrected chi connectivity index (χ0v) is 8.97. The maximum Gasteiger partial charge on any atom is 0.258 e. The van der Waals surface area contributed by atoms with Crippen molar-refractivity contribution in [2.75, 3.05) is 6.54 Å². The average molecular weight is 232 g/mol. The van der Waals surface area contributed by atoms with Gasteiger partial charge in [0, 0.05) is 6.42 Å². The summed E-state index contributed by atoms with van der Waals surface area (Å²) >= 11 is 0. The van der Waals surface area contributed by atoms with Crippen molar-refractivity contribution < 1.29 is 13.2 Å². The summed E-state index contributed by atoms with van der Waals surface area (Å²) in [7, 11) is -3.71. The molecule has 15 heavy (non-hydrogen) atoms. The van der Waals surface area contributed by atoms with Crippen LogP contribution in [0.2, 0.25) is 0 Å². The van der Waals surface area contributed by atoms with E-state index < -0.39 is 22.5 Å². The van der Waals surface area contributed by atoms with Gasteiger partial charge in [0.25, 0.3) is 10.0 Å². The molecule has 0 saturated heterocycles. The van der Waals surface area contributed by atoms with Crippen LogP contribution in [-0.4, -0.2) is 30.8 Å². The average Bonchev–Trinajstić information content (AvgIpc) is 2.63. The van der Waals surface area contributed by atoms with Gasteiger partial charge in [-0.05, 0) is 0 Å². The molecule has 1 rings (SSSR count). The third-order valence-corrected chi connectivity index (χ3v) is 2.98. The first-order chi connectivity index (χ1) is 6.95. The number of nitrogens with two attached hydrogens (primary N) is 1. The van der Waals surface area contributed by atoms with Crippen molar-refractivity contribution in [3.63, 3.8) is 0 Å². The summed E-state index contributed by atoms with van der Waals surface area (Å²) in [6.45, 7) is 1.41. The van der Waals surface area contributed by atoms with E-state index in [4.69, 9.17) is 5.73 Å². The predicted molar refractivity (Wildman–Crippen MR) is 52.3 cm³/mol. The number of hydrogen-bond donors (Lipinski definition) is 3. The summed E-state index contributed by atoms with van der Waals surface area (Å²) in [4.78, 5) is 16.9. The minimum absolute atomic E-state index is 0.0689. The number of aryl methyl sites for hydroxylation is 1. The molecular weight excluding hydrogens is 220 g/mol. The molecule has 0 saturated carbocycles. The Hall–Kier alpha value is -1.41. The second kappa shape index (κ2) is 4.41. The number of nitrogens with zero attached hydrogens (tertiary/aromatic N) is 1. The number of aromatic nitrogens is 2. The molecule has 0 spiro atoms. The number of rotatable bonds is 5. The van der Waals surface area contributed by atoms with Gasteiger partial charge < -0.3 is 10.7 Å². The summed E-state index contributed by atoms with van der Waals surface area (Å²) in [5.74, 6) is -0.178. The van der Waals surface area contributed by atoms with Crippen LogP contribution in [0.3, 0.4) is 0 Å². The number of aromatic amines is 1. The number of H-pyrrole nitrogens is 1. The minimum atomic E-state index is -3.71. The molecule has 1 heterocycles. The Labute approximate surface area is 87.1 Å². The van der Waals surface area contributed by atoms with Gasteiger partial charge in [-0.1, -0.05) is 6.92 Å². The molecule has 0 atom stereocenters. The zero-order chi connectivity index (χ0) is 11.5. The summed E-state index contributed by atoms with van der Waals surface area (Å²) in [5, 5.41) is -0.0689. The first kappa shape index (κ1) is 11.7. The Balaban J connectivity index is 2.81. The molecule has 4 N–H and O–H groups in total. The molecule has 0 bridgehead atoms. The summed E-state index contributed by atoms with van der Waals surface area (Å²) in [6, 6.07) is 0. The van der Waals surface area contributed by atoms with Gasteiger partial charge in [-0.25, -0.2) is 18.1 Å². The van der Waals surface area contributed by atoms with E-state index in [2.05, 4.69) is 9.97 Å². The zero-order valence-electron chi connectivity index (χ0n) is 8.15. The number of imidazole rings is 1. The van der Waals surface area contributed by atoms with E-state index in [0.717, 1.165) is 0 Å². The van der Waals surface area contributed by atoms with E-state index in [9.17, 15) is 13.2 Å². The Morgan fingerprint density at radius 1 is 1.67 bits per heavy atom. The van der Waals surface area contributed by atoms with Crippen LogP contribution in [-0.2, 0) is 21.2 Å². The molecule has 0 radical (unpaired) electrons. The first-order valence-electron chi connectivity index (χ1n) is 4.27. The fourth-order valence-electron chi connectivity index (χ4n) is 0.903. The monoisotopic (exact) mass is 232 g/mol. The lowest BCUT2D eigenvalue weighted by molar-refractivity contribution is -0.116. The summed E-state index contributed by atoms with van der Waals surface area (Å²) in [5.41, 5.74) is 4.82. The van der Waals surface area contributed by atoms with Gasteiger partial charge >= 0.3 is 0 Å². The number of carbonyl (C=O) groups is 1. The minimum Gasteiger partial charge on any atom is -0.369 e. The largest absolute Gasteiger partial charge is 0.369 e. The SMILES string of the molecule is CCc1ncc(S(=O)(=O)NCC(N)=O)[nH]1. The van der Waals surface area contributed by atoms with Crippen LogP contribution in [0.1, 0.15) is 12.7 Å². The Morgan fingerprint density at radius 3 is 2.80 bits per heavy atom. The van der Waals surface area contributed by atoms with Crippen molar-refractivity contribution in [2.24, 2.45) is 5.73 Å². The summed E-state index contributed by atoms with van der Waals surface area (Å²) in [6.07, 6.45) is 1.80. The topological polar surface area (TPSA) is 118 Å². The van der Waals surface area contributed by atoms with E-state index in [1.54, 1.807) is 0 Å². The molecule has 0 fully saturated rings. The third-order valence-electron chi connectivity index (χ3n) is 1.67. The maximum absolute atomic E-state index is 11.5. The molecule has 0 aliphatic carbocycles. The van der Waals surface area contributed by atoms with E-state index in [1.807, 2.05) is 11.6 Å². The van der Waals surface area contributed by atoms with Crippen LogP contribution in [0.25, 0.3) is 0 Å². The van der Waals surface area contributed by atoms with Crippen molar-refractivity contribution in [1.82, 2.24) is 14.7 Å². The lowest BCUT2D eigenvalue weighted by Crippen LogP contribution is -2.33. The Morgan fingerprint density at radius 2 is 2.33 bits per heavy atom. The highest BCUT2D eigenvalue weighted by Crippen LogP contribution is 2.04. The lowest BCUT2D eigenvalue weighted by atomic mass is 10.5. The molecule has 8 heteroatoms. The van der Waals surface area contributed by atoms with E-state index in [1.165, 1.54) is 6.20 Å². The van der Waals surface area contributed by atoms with Crippen molar-refractivity contribution in [2.45, 2.75) is 18.4 Å². The van der Waals surface area contributed by atoms with Crippen LogP contribution in [0, 0.1) is 0 Å². The number of amides is 1. The molecule has 7 nitrogen and oxygen atoms in total. The standard InChI is InChI=1S/C7H12N4O3S/c1-2-6-9-4-7(11-6)15(13,14)10-3-5(8)12/h4,10H,2-3H2,1H3,(H2,8,12)(H,9,11).